The van der Waals surface area contributed by atoms with Crippen LogP contribution in [0, 0.1) is 11.3 Å². The molecule has 0 aliphatic rings. The molecule has 0 N–H and O–H groups in total. The van der Waals surface area contributed by atoms with Crippen LogP contribution in [-0.4, -0.2) is 17.6 Å². The number of halogens is 1. The molecule has 0 fully saturated rings. The molecule has 0 aliphatic carbocycles. The van der Waals surface area contributed by atoms with Gasteiger partial charge in [0.25, 0.3) is 0 Å². The van der Waals surface area contributed by atoms with Crippen LogP contribution < -0.4 is 4.90 Å². The van der Waals surface area contributed by atoms with E-state index >= 15 is 0 Å². The van der Waals surface area contributed by atoms with Gasteiger partial charge in [-0.05, 0) is 26.3 Å². The van der Waals surface area contributed by atoms with Gasteiger partial charge in [0.2, 0.25) is 0 Å². The number of hydrogen-bond acceptors (Lipinski definition) is 3. The lowest BCUT2D eigenvalue weighted by atomic mass is 10.2. The molecule has 4 heteroatoms. The predicted octanol–water partition coefficient (Wildman–Crippen LogP) is 3.23. The number of anilines is 1. The second-order valence-electron chi connectivity index (χ2n) is 3.90. The number of rotatable bonds is 4. The quantitative estimate of drug-likeness (QED) is 0.807. The van der Waals surface area contributed by atoms with Crippen LogP contribution in [0.25, 0.3) is 0 Å². The zero-order valence-electron chi connectivity index (χ0n) is 9.87. The summed E-state index contributed by atoms with van der Waals surface area (Å²) in [4.78, 5) is 6.38. The van der Waals surface area contributed by atoms with Crippen molar-refractivity contribution < 1.29 is 0 Å². The summed E-state index contributed by atoms with van der Waals surface area (Å²) in [5, 5.41) is 9.36. The van der Waals surface area contributed by atoms with Crippen LogP contribution in [0.2, 0.25) is 5.02 Å². The molecule has 1 aromatic heterocycles. The smallest absolute Gasteiger partial charge is 0.148 e. The first-order chi connectivity index (χ1) is 7.61. The fourth-order valence-electron chi connectivity index (χ4n) is 1.57. The van der Waals surface area contributed by atoms with E-state index in [0.717, 1.165) is 13.0 Å². The van der Waals surface area contributed by atoms with Crippen molar-refractivity contribution >= 4 is 17.4 Å². The zero-order valence-corrected chi connectivity index (χ0v) is 10.6. The van der Waals surface area contributed by atoms with Crippen LogP contribution in [0.3, 0.4) is 0 Å². The van der Waals surface area contributed by atoms with Gasteiger partial charge >= 0.3 is 0 Å². The fraction of sp³-hybridized carbons (Fsp3) is 0.500. The van der Waals surface area contributed by atoms with E-state index in [1.807, 2.05) is 0 Å². The first-order valence-electron chi connectivity index (χ1n) is 5.43. The molecule has 16 heavy (non-hydrogen) atoms. The molecule has 0 aliphatic heterocycles. The second kappa shape index (κ2) is 5.72. The third kappa shape index (κ3) is 2.65. The molecule has 1 aromatic rings. The van der Waals surface area contributed by atoms with Crippen LogP contribution >= 0.6 is 11.6 Å². The summed E-state index contributed by atoms with van der Waals surface area (Å²) < 4.78 is 0. The summed E-state index contributed by atoms with van der Waals surface area (Å²) >= 11 is 6.16. The van der Waals surface area contributed by atoms with Crippen LogP contribution in [0.1, 0.15) is 32.8 Å². The van der Waals surface area contributed by atoms with Gasteiger partial charge in [0.05, 0.1) is 5.56 Å². The summed E-state index contributed by atoms with van der Waals surface area (Å²) in [5.74, 6) is 0.706. The molecule has 1 rings (SSSR count). The van der Waals surface area contributed by atoms with Crippen molar-refractivity contribution in [1.82, 2.24) is 4.98 Å². The lowest BCUT2D eigenvalue weighted by Gasteiger charge is -2.28. The molecular weight excluding hydrogens is 222 g/mol. The van der Waals surface area contributed by atoms with Gasteiger partial charge in [0.15, 0.2) is 0 Å². The molecule has 0 bridgehead atoms. The summed E-state index contributed by atoms with van der Waals surface area (Å²) in [6.07, 6.45) is 2.65. The highest BCUT2D eigenvalue weighted by molar-refractivity contribution is 6.34. The van der Waals surface area contributed by atoms with E-state index < -0.39 is 0 Å². The van der Waals surface area contributed by atoms with Crippen molar-refractivity contribution in [2.24, 2.45) is 0 Å². The monoisotopic (exact) mass is 237 g/mol. The van der Waals surface area contributed by atoms with E-state index in [2.05, 4.69) is 36.7 Å². The molecule has 3 nitrogen and oxygen atoms in total. The zero-order chi connectivity index (χ0) is 12.1. The lowest BCUT2D eigenvalue weighted by molar-refractivity contribution is 0.662. The van der Waals surface area contributed by atoms with E-state index in [1.54, 1.807) is 12.3 Å². The van der Waals surface area contributed by atoms with Crippen LogP contribution in [0.4, 0.5) is 5.82 Å². The fourth-order valence-corrected chi connectivity index (χ4v) is 1.83. The molecule has 0 amide bonds. The Labute approximate surface area is 102 Å². The summed E-state index contributed by atoms with van der Waals surface area (Å²) in [5.41, 5.74) is 0.480. The van der Waals surface area contributed by atoms with E-state index in [-0.39, 0.29) is 0 Å². The molecule has 0 atom stereocenters. The Hall–Kier alpha value is -1.27. The van der Waals surface area contributed by atoms with E-state index in [0.29, 0.717) is 22.4 Å². The van der Waals surface area contributed by atoms with E-state index in [1.165, 1.54) is 0 Å². The molecule has 1 heterocycles. The largest absolute Gasteiger partial charge is 0.353 e. The van der Waals surface area contributed by atoms with Crippen molar-refractivity contribution in [3.05, 3.63) is 22.8 Å². The molecule has 0 saturated heterocycles. The van der Waals surface area contributed by atoms with E-state index in [4.69, 9.17) is 16.9 Å². The predicted molar refractivity (Wildman–Crippen MR) is 66.7 cm³/mol. The Morgan fingerprint density at radius 3 is 2.75 bits per heavy atom. The average molecular weight is 238 g/mol. The molecule has 0 radical (unpaired) electrons. The van der Waals surface area contributed by atoms with Gasteiger partial charge in [0.1, 0.15) is 16.9 Å². The highest BCUT2D eigenvalue weighted by atomic mass is 35.5. The van der Waals surface area contributed by atoms with Gasteiger partial charge in [-0.25, -0.2) is 4.98 Å². The maximum absolute atomic E-state index is 8.91. The minimum absolute atomic E-state index is 0.318. The topological polar surface area (TPSA) is 39.9 Å². The van der Waals surface area contributed by atoms with Crippen molar-refractivity contribution in [1.29, 1.82) is 5.26 Å². The summed E-state index contributed by atoms with van der Waals surface area (Å²) in [7, 11) is 0. The second-order valence-corrected chi connectivity index (χ2v) is 4.27. The van der Waals surface area contributed by atoms with Gasteiger partial charge in [0, 0.05) is 18.8 Å². The van der Waals surface area contributed by atoms with Crippen molar-refractivity contribution in [3.8, 4) is 6.07 Å². The SMILES string of the molecule is CCCN(c1nccc(C#N)c1Cl)C(C)C. The number of nitrogens with zero attached hydrogens (tertiary/aromatic N) is 3. The first-order valence-corrected chi connectivity index (χ1v) is 5.80. The number of hydrogen-bond donors (Lipinski definition) is 0. The molecule has 86 valence electrons. The van der Waals surface area contributed by atoms with Crippen molar-refractivity contribution in [3.63, 3.8) is 0 Å². The van der Waals surface area contributed by atoms with Gasteiger partial charge in [-0.3, -0.25) is 0 Å². The van der Waals surface area contributed by atoms with Crippen molar-refractivity contribution in [2.75, 3.05) is 11.4 Å². The molecule has 0 saturated carbocycles. The molecule has 0 unspecified atom stereocenters. The minimum atomic E-state index is 0.318. The summed E-state index contributed by atoms with van der Waals surface area (Å²) in [6.45, 7) is 7.18. The third-order valence-corrected chi connectivity index (χ3v) is 2.72. The van der Waals surface area contributed by atoms with Crippen LogP contribution in [0.15, 0.2) is 12.3 Å². The Bertz CT molecular complexity index is 396. The first kappa shape index (κ1) is 12.8. The Kier molecular flexibility index (Phi) is 4.57. The summed E-state index contributed by atoms with van der Waals surface area (Å²) in [6, 6.07) is 4.03. The number of nitriles is 1. The van der Waals surface area contributed by atoms with Crippen molar-refractivity contribution in [2.45, 2.75) is 33.2 Å². The maximum atomic E-state index is 8.91. The Balaban J connectivity index is 3.15. The maximum Gasteiger partial charge on any atom is 0.148 e. The highest BCUT2D eigenvalue weighted by Crippen LogP contribution is 2.27. The molecule has 0 aromatic carbocycles. The number of aromatic nitrogens is 1. The standard InChI is InChI=1S/C12H16ClN3/c1-4-7-16(9(2)3)12-11(13)10(8-14)5-6-15-12/h5-6,9H,4,7H2,1-3H3. The van der Waals surface area contributed by atoms with Gasteiger partial charge in [-0.1, -0.05) is 18.5 Å². The Morgan fingerprint density at radius 1 is 1.56 bits per heavy atom. The minimum Gasteiger partial charge on any atom is -0.353 e. The lowest BCUT2D eigenvalue weighted by Crippen LogP contribution is -2.32. The van der Waals surface area contributed by atoms with Crippen LogP contribution in [0.5, 0.6) is 0 Å². The number of pyridine rings is 1. The van der Waals surface area contributed by atoms with Gasteiger partial charge in [-0.2, -0.15) is 5.26 Å². The van der Waals surface area contributed by atoms with Gasteiger partial charge in [-0.15, -0.1) is 0 Å². The van der Waals surface area contributed by atoms with E-state index in [9.17, 15) is 0 Å². The van der Waals surface area contributed by atoms with Gasteiger partial charge < -0.3 is 4.90 Å². The Morgan fingerprint density at radius 2 is 2.25 bits per heavy atom. The third-order valence-electron chi connectivity index (χ3n) is 2.35. The highest BCUT2D eigenvalue weighted by Gasteiger charge is 2.16. The normalized spacial score (nSPS) is 10.2. The average Bonchev–Trinajstić information content (AvgIpc) is 2.26. The molecule has 0 spiro atoms. The molecular formula is C12H16ClN3. The van der Waals surface area contributed by atoms with Crippen LogP contribution in [-0.2, 0) is 0 Å².